The third-order valence-corrected chi connectivity index (χ3v) is 3.07. The third-order valence-electron chi connectivity index (χ3n) is 3.07. The van der Waals surface area contributed by atoms with Crippen molar-refractivity contribution >= 4 is 17.3 Å². The van der Waals surface area contributed by atoms with E-state index in [1.165, 1.54) is 6.07 Å². The molecule has 0 saturated carbocycles. The van der Waals surface area contributed by atoms with Gasteiger partial charge < -0.3 is 21.1 Å². The van der Waals surface area contributed by atoms with Crippen LogP contribution in [0.25, 0.3) is 0 Å². The molecular weight excluding hydrogens is 273 g/mol. The maximum absolute atomic E-state index is 14.0. The van der Waals surface area contributed by atoms with Crippen molar-refractivity contribution in [1.29, 1.82) is 0 Å². The molecule has 0 fully saturated rings. The van der Waals surface area contributed by atoms with Crippen molar-refractivity contribution in [3.05, 3.63) is 23.5 Å². The topological polar surface area (TPSA) is 78.6 Å². The van der Waals surface area contributed by atoms with Crippen LogP contribution in [0.4, 0.5) is 15.8 Å². The Bertz CT molecular complexity index is 494. The predicted molar refractivity (Wildman–Crippen MR) is 83.2 cm³/mol. The van der Waals surface area contributed by atoms with Gasteiger partial charge in [-0.2, -0.15) is 0 Å². The number of nitrogens with two attached hydrogens (primary N) is 1. The van der Waals surface area contributed by atoms with Gasteiger partial charge in [-0.25, -0.2) is 9.18 Å². The Morgan fingerprint density at radius 3 is 2.52 bits per heavy atom. The Balaban J connectivity index is 3.02. The Morgan fingerprint density at radius 2 is 2.05 bits per heavy atom. The van der Waals surface area contributed by atoms with Crippen LogP contribution in [0.3, 0.4) is 0 Å². The van der Waals surface area contributed by atoms with Crippen LogP contribution in [0.5, 0.6) is 0 Å². The molecule has 4 N–H and O–H groups in total. The summed E-state index contributed by atoms with van der Waals surface area (Å²) in [6.45, 7) is 4.91. The monoisotopic (exact) mass is 297 g/mol. The van der Waals surface area contributed by atoms with Crippen LogP contribution in [0.1, 0.15) is 30.6 Å². The van der Waals surface area contributed by atoms with Crippen molar-refractivity contribution in [3.63, 3.8) is 0 Å². The zero-order valence-corrected chi connectivity index (χ0v) is 13.0. The molecule has 1 atom stereocenters. The van der Waals surface area contributed by atoms with Gasteiger partial charge in [-0.3, -0.25) is 0 Å². The van der Waals surface area contributed by atoms with Gasteiger partial charge in [0.25, 0.3) is 0 Å². The fourth-order valence-corrected chi connectivity index (χ4v) is 2.29. The van der Waals surface area contributed by atoms with E-state index in [0.717, 1.165) is 19.0 Å². The number of hydrogen-bond acceptors (Lipinski definition) is 4. The first-order valence-corrected chi connectivity index (χ1v) is 6.94. The Kier molecular flexibility index (Phi) is 5.96. The van der Waals surface area contributed by atoms with Gasteiger partial charge in [-0.1, -0.05) is 13.8 Å². The summed E-state index contributed by atoms with van der Waals surface area (Å²) >= 11 is 0. The van der Waals surface area contributed by atoms with Gasteiger partial charge >= 0.3 is 5.97 Å². The fraction of sp³-hybridized carbons (Fsp3) is 0.533. The van der Waals surface area contributed by atoms with E-state index in [2.05, 4.69) is 19.2 Å². The van der Waals surface area contributed by atoms with E-state index in [4.69, 9.17) is 10.8 Å². The Hall–Kier alpha value is -1.82. The highest BCUT2D eigenvalue weighted by atomic mass is 19.1. The molecule has 0 amide bonds. The molecule has 1 aromatic rings. The maximum atomic E-state index is 14.0. The molecule has 0 saturated heterocycles. The zero-order valence-electron chi connectivity index (χ0n) is 13.0. The van der Waals surface area contributed by atoms with Gasteiger partial charge in [0.05, 0.1) is 11.3 Å². The fourth-order valence-electron chi connectivity index (χ4n) is 2.29. The lowest BCUT2D eigenvalue weighted by Gasteiger charge is -2.25. The number of nitrogen functional groups attached to an aromatic ring is 1. The van der Waals surface area contributed by atoms with Crippen molar-refractivity contribution in [1.82, 2.24) is 4.90 Å². The summed E-state index contributed by atoms with van der Waals surface area (Å²) < 4.78 is 14.0. The number of nitrogens with zero attached hydrogens (tertiary/aromatic N) is 1. The van der Waals surface area contributed by atoms with Gasteiger partial charge in [-0.05, 0) is 38.6 Å². The minimum Gasteiger partial charge on any atom is -0.478 e. The van der Waals surface area contributed by atoms with E-state index < -0.39 is 11.8 Å². The molecule has 0 bridgehead atoms. The summed E-state index contributed by atoms with van der Waals surface area (Å²) in [7, 11) is 3.88. The van der Waals surface area contributed by atoms with Crippen LogP contribution in [0.2, 0.25) is 0 Å². The van der Waals surface area contributed by atoms with Gasteiger partial charge in [0.2, 0.25) is 0 Å². The van der Waals surface area contributed by atoms with Crippen LogP contribution in [-0.4, -0.2) is 42.7 Å². The summed E-state index contributed by atoms with van der Waals surface area (Å²) in [6.07, 6.45) is 0.852. The molecule has 0 aliphatic rings. The molecule has 0 heterocycles. The summed E-state index contributed by atoms with van der Waals surface area (Å²) in [5, 5.41) is 12.2. The number of rotatable bonds is 7. The number of anilines is 2. The predicted octanol–water partition coefficient (Wildman–Crippen LogP) is 2.49. The van der Waals surface area contributed by atoms with Crippen LogP contribution >= 0.6 is 0 Å². The number of nitrogens with one attached hydrogen (secondary N) is 1. The molecule has 118 valence electrons. The van der Waals surface area contributed by atoms with Crippen LogP contribution in [0, 0.1) is 11.7 Å². The Labute approximate surface area is 124 Å². The first-order valence-electron chi connectivity index (χ1n) is 6.94. The normalized spacial score (nSPS) is 12.7. The van der Waals surface area contributed by atoms with Crippen molar-refractivity contribution in [3.8, 4) is 0 Å². The first kappa shape index (κ1) is 17.2. The molecule has 0 radical (unpaired) electrons. The highest BCUT2D eigenvalue weighted by Crippen LogP contribution is 2.24. The quantitative estimate of drug-likeness (QED) is 0.674. The molecule has 0 spiro atoms. The van der Waals surface area contributed by atoms with Crippen LogP contribution in [0.15, 0.2) is 12.1 Å². The standard InChI is InChI=1S/C15H24FN3O2/c1-9(2)5-10(8-19(3)4)18-14-6-11(15(20)21)13(17)7-12(14)16/h6-7,9-10,18H,5,8,17H2,1-4H3,(H,20,21). The van der Waals surface area contributed by atoms with Gasteiger partial charge in [0, 0.05) is 18.3 Å². The van der Waals surface area contributed by atoms with Crippen molar-refractivity contribution in [2.24, 2.45) is 5.92 Å². The SMILES string of the molecule is CC(C)CC(CN(C)C)Nc1cc(C(=O)O)c(N)cc1F. The molecule has 5 nitrogen and oxygen atoms in total. The molecule has 21 heavy (non-hydrogen) atoms. The number of halogens is 1. The third kappa shape index (κ3) is 5.23. The summed E-state index contributed by atoms with van der Waals surface area (Å²) in [5.74, 6) is -1.26. The molecule has 1 unspecified atom stereocenters. The lowest BCUT2D eigenvalue weighted by atomic mass is 10.0. The highest BCUT2D eigenvalue weighted by Gasteiger charge is 2.17. The minimum atomic E-state index is -1.16. The minimum absolute atomic E-state index is 0.0276. The molecule has 0 aromatic heterocycles. The number of benzene rings is 1. The first-order chi connectivity index (χ1) is 9.70. The molecule has 1 rings (SSSR count). The smallest absolute Gasteiger partial charge is 0.337 e. The highest BCUT2D eigenvalue weighted by molar-refractivity contribution is 5.94. The van der Waals surface area contributed by atoms with Crippen LogP contribution in [-0.2, 0) is 0 Å². The lowest BCUT2D eigenvalue weighted by Crippen LogP contribution is -2.33. The van der Waals surface area contributed by atoms with Crippen molar-refractivity contribution < 1.29 is 14.3 Å². The van der Waals surface area contributed by atoms with E-state index in [-0.39, 0.29) is 23.0 Å². The maximum Gasteiger partial charge on any atom is 0.337 e. The lowest BCUT2D eigenvalue weighted by molar-refractivity contribution is 0.0698. The van der Waals surface area contributed by atoms with Gasteiger partial charge in [0.15, 0.2) is 0 Å². The second kappa shape index (κ2) is 7.26. The summed E-state index contributed by atoms with van der Waals surface area (Å²) in [6, 6.07) is 2.34. The average Bonchev–Trinajstić information content (AvgIpc) is 2.30. The number of hydrogen-bond donors (Lipinski definition) is 3. The Morgan fingerprint density at radius 1 is 1.43 bits per heavy atom. The van der Waals surface area contributed by atoms with Crippen molar-refractivity contribution in [2.75, 3.05) is 31.7 Å². The second-order valence-corrected chi connectivity index (χ2v) is 5.96. The van der Waals surface area contributed by atoms with Gasteiger partial charge in [0.1, 0.15) is 5.82 Å². The number of carboxylic acid groups (broad SMARTS) is 1. The van der Waals surface area contributed by atoms with E-state index in [0.29, 0.717) is 5.92 Å². The molecule has 0 aliphatic carbocycles. The number of likely N-dealkylation sites (N-methyl/N-ethyl adjacent to an activating group) is 1. The molecule has 1 aromatic carbocycles. The van der Waals surface area contributed by atoms with Crippen LogP contribution < -0.4 is 11.1 Å². The molecular formula is C15H24FN3O2. The van der Waals surface area contributed by atoms with Gasteiger partial charge in [-0.15, -0.1) is 0 Å². The van der Waals surface area contributed by atoms with E-state index >= 15 is 0 Å². The molecule has 0 aliphatic heterocycles. The summed E-state index contributed by atoms with van der Waals surface area (Å²) in [5.41, 5.74) is 5.54. The largest absolute Gasteiger partial charge is 0.478 e. The number of carboxylic acids is 1. The number of aromatic carboxylic acids is 1. The van der Waals surface area contributed by atoms with E-state index in [9.17, 15) is 9.18 Å². The van der Waals surface area contributed by atoms with Crippen molar-refractivity contribution in [2.45, 2.75) is 26.3 Å². The average molecular weight is 297 g/mol. The zero-order chi connectivity index (χ0) is 16.2. The second-order valence-electron chi connectivity index (χ2n) is 5.96. The molecule has 6 heteroatoms. The van der Waals surface area contributed by atoms with E-state index in [1.807, 2.05) is 19.0 Å². The summed E-state index contributed by atoms with van der Waals surface area (Å²) in [4.78, 5) is 13.1. The van der Waals surface area contributed by atoms with E-state index in [1.54, 1.807) is 0 Å². The number of carbonyl (C=O) groups is 1.